The van der Waals surface area contributed by atoms with Crippen LogP contribution in [0.3, 0.4) is 0 Å². The third-order valence-corrected chi connectivity index (χ3v) is 6.67. The molecule has 0 bridgehead atoms. The molecule has 0 aromatic heterocycles. The summed E-state index contributed by atoms with van der Waals surface area (Å²) in [5.41, 5.74) is 1.36. The number of halogens is 1. The zero-order valence-corrected chi connectivity index (χ0v) is 18.9. The molecule has 3 aromatic carbocycles. The molecule has 0 aliphatic carbocycles. The molecule has 3 aromatic rings. The summed E-state index contributed by atoms with van der Waals surface area (Å²) >= 11 is 0. The Morgan fingerprint density at radius 2 is 1.55 bits per heavy atom. The summed E-state index contributed by atoms with van der Waals surface area (Å²) in [6.45, 7) is 0.765. The minimum atomic E-state index is -4.10. The summed E-state index contributed by atoms with van der Waals surface area (Å²) in [6, 6.07) is 17.4. The highest BCUT2D eigenvalue weighted by atomic mass is 32.2. The zero-order valence-electron chi connectivity index (χ0n) is 18.1. The molecule has 0 radical (unpaired) electrons. The van der Waals surface area contributed by atoms with Crippen molar-refractivity contribution in [3.63, 3.8) is 0 Å². The van der Waals surface area contributed by atoms with Gasteiger partial charge in [0.05, 0.1) is 18.6 Å². The number of ether oxygens (including phenoxy) is 1. The van der Waals surface area contributed by atoms with Gasteiger partial charge in [0, 0.05) is 17.8 Å². The van der Waals surface area contributed by atoms with Crippen LogP contribution in [0.2, 0.25) is 0 Å². The van der Waals surface area contributed by atoms with E-state index in [1.54, 1.807) is 24.3 Å². The van der Waals surface area contributed by atoms with E-state index in [9.17, 15) is 22.4 Å². The first-order valence-electron chi connectivity index (χ1n) is 9.98. The lowest BCUT2D eigenvalue weighted by molar-refractivity contribution is -0.116. The molecule has 0 aliphatic heterocycles. The number of carbonyl (C=O) groups excluding carboxylic acids is 2. The number of Topliss-reactive ketones (excluding diaryl/α,β-unsaturated/α-hetero) is 1. The number of sulfonamides is 1. The van der Waals surface area contributed by atoms with E-state index in [0.717, 1.165) is 4.31 Å². The topological polar surface area (TPSA) is 92.8 Å². The van der Waals surface area contributed by atoms with Gasteiger partial charge in [-0.3, -0.25) is 9.59 Å². The highest BCUT2D eigenvalue weighted by Crippen LogP contribution is 2.21. The summed E-state index contributed by atoms with van der Waals surface area (Å²) in [5, 5.41) is 2.66. The van der Waals surface area contributed by atoms with Crippen molar-refractivity contribution in [2.75, 3.05) is 19.0 Å². The van der Waals surface area contributed by atoms with Crippen LogP contribution in [-0.2, 0) is 21.4 Å². The molecule has 172 valence electrons. The second-order valence-corrected chi connectivity index (χ2v) is 9.19. The molecule has 0 saturated heterocycles. The van der Waals surface area contributed by atoms with Crippen LogP contribution in [-0.4, -0.2) is 38.1 Å². The second-order valence-electron chi connectivity index (χ2n) is 7.26. The van der Waals surface area contributed by atoms with E-state index in [-0.39, 0.29) is 17.2 Å². The van der Waals surface area contributed by atoms with E-state index in [2.05, 4.69) is 5.32 Å². The molecule has 0 saturated carbocycles. The monoisotopic (exact) mass is 470 g/mol. The number of ketones is 1. The molecule has 1 amide bonds. The van der Waals surface area contributed by atoms with Gasteiger partial charge >= 0.3 is 0 Å². The van der Waals surface area contributed by atoms with Crippen molar-refractivity contribution < 1.29 is 27.1 Å². The molecule has 0 aliphatic rings. The Balaban J connectivity index is 1.86. The van der Waals surface area contributed by atoms with Gasteiger partial charge in [0.1, 0.15) is 11.6 Å². The predicted octanol–water partition coefficient (Wildman–Crippen LogP) is 3.87. The molecule has 1 N–H and O–H groups in total. The number of amides is 1. The molecule has 7 nitrogen and oxygen atoms in total. The number of anilines is 1. The van der Waals surface area contributed by atoms with E-state index < -0.39 is 28.3 Å². The lowest BCUT2D eigenvalue weighted by Gasteiger charge is -2.22. The molecular weight excluding hydrogens is 447 g/mol. The number of benzene rings is 3. The standard InChI is InChI=1S/C24H23FN2O5S/c1-17(28)19-5-13-23(14-6-19)33(30,31)27(15-18-3-7-20(25)8-4-18)16-24(29)26-21-9-11-22(32-2)12-10-21/h3-14H,15-16H2,1-2H3,(H,26,29). The summed E-state index contributed by atoms with van der Waals surface area (Å²) in [6.07, 6.45) is 0. The Bertz CT molecular complexity index is 1230. The number of hydrogen-bond acceptors (Lipinski definition) is 5. The zero-order chi connectivity index (χ0) is 24.0. The number of nitrogens with one attached hydrogen (secondary N) is 1. The maximum atomic E-state index is 13.3. The minimum absolute atomic E-state index is 0.0631. The Morgan fingerprint density at radius 1 is 0.939 bits per heavy atom. The van der Waals surface area contributed by atoms with Gasteiger partial charge < -0.3 is 10.1 Å². The van der Waals surface area contributed by atoms with Crippen molar-refractivity contribution in [1.29, 1.82) is 0 Å². The van der Waals surface area contributed by atoms with E-state index in [4.69, 9.17) is 4.74 Å². The number of carbonyl (C=O) groups is 2. The number of methoxy groups -OCH3 is 1. The van der Waals surface area contributed by atoms with Gasteiger partial charge in [-0.1, -0.05) is 24.3 Å². The fraction of sp³-hybridized carbons (Fsp3) is 0.167. The van der Waals surface area contributed by atoms with Gasteiger partial charge in [-0.05, 0) is 61.0 Å². The summed E-state index contributed by atoms with van der Waals surface area (Å²) in [7, 11) is -2.58. The van der Waals surface area contributed by atoms with Gasteiger partial charge in [0.15, 0.2) is 5.78 Å². The summed E-state index contributed by atoms with van der Waals surface area (Å²) in [5.74, 6) is -0.583. The number of rotatable bonds is 9. The third-order valence-electron chi connectivity index (χ3n) is 4.86. The van der Waals surface area contributed by atoms with Crippen molar-refractivity contribution in [3.05, 3.63) is 89.7 Å². The fourth-order valence-corrected chi connectivity index (χ4v) is 4.45. The number of hydrogen-bond donors (Lipinski definition) is 1. The van der Waals surface area contributed by atoms with Crippen LogP contribution < -0.4 is 10.1 Å². The van der Waals surface area contributed by atoms with Crippen LogP contribution in [0.25, 0.3) is 0 Å². The maximum Gasteiger partial charge on any atom is 0.243 e. The molecule has 0 heterocycles. The van der Waals surface area contributed by atoms with Crippen molar-refractivity contribution in [1.82, 2.24) is 4.31 Å². The highest BCUT2D eigenvalue weighted by Gasteiger charge is 2.27. The first kappa shape index (κ1) is 24.1. The predicted molar refractivity (Wildman–Crippen MR) is 122 cm³/mol. The smallest absolute Gasteiger partial charge is 0.243 e. The van der Waals surface area contributed by atoms with Crippen LogP contribution >= 0.6 is 0 Å². The van der Waals surface area contributed by atoms with Crippen LogP contribution in [0.5, 0.6) is 5.75 Å². The SMILES string of the molecule is COc1ccc(NC(=O)CN(Cc2ccc(F)cc2)S(=O)(=O)c2ccc(C(C)=O)cc2)cc1. The maximum absolute atomic E-state index is 13.3. The highest BCUT2D eigenvalue weighted by molar-refractivity contribution is 7.89. The van der Waals surface area contributed by atoms with E-state index in [1.807, 2.05) is 0 Å². The molecule has 3 rings (SSSR count). The van der Waals surface area contributed by atoms with Crippen molar-refractivity contribution >= 4 is 27.4 Å². The minimum Gasteiger partial charge on any atom is -0.497 e. The van der Waals surface area contributed by atoms with Gasteiger partial charge in [-0.25, -0.2) is 12.8 Å². The molecule has 0 unspecified atom stereocenters. The molecule has 0 atom stereocenters. The van der Waals surface area contributed by atoms with Crippen LogP contribution in [0.1, 0.15) is 22.8 Å². The quantitative estimate of drug-likeness (QED) is 0.480. The van der Waals surface area contributed by atoms with Crippen molar-refractivity contribution in [2.45, 2.75) is 18.4 Å². The molecule has 0 fully saturated rings. The van der Waals surface area contributed by atoms with Gasteiger partial charge in [0.2, 0.25) is 15.9 Å². The van der Waals surface area contributed by atoms with E-state index in [0.29, 0.717) is 22.6 Å². The van der Waals surface area contributed by atoms with Gasteiger partial charge in [0.25, 0.3) is 0 Å². The van der Waals surface area contributed by atoms with E-state index in [1.165, 1.54) is 62.6 Å². The normalized spacial score (nSPS) is 11.3. The van der Waals surface area contributed by atoms with E-state index >= 15 is 0 Å². The average molecular weight is 471 g/mol. The van der Waals surface area contributed by atoms with Crippen LogP contribution in [0, 0.1) is 5.82 Å². The lowest BCUT2D eigenvalue weighted by atomic mass is 10.2. The Morgan fingerprint density at radius 3 is 2.09 bits per heavy atom. The van der Waals surface area contributed by atoms with Gasteiger partial charge in [-0.2, -0.15) is 4.31 Å². The molecule has 9 heteroatoms. The second kappa shape index (κ2) is 10.4. The van der Waals surface area contributed by atoms with Crippen molar-refractivity contribution in [3.8, 4) is 5.75 Å². The summed E-state index contributed by atoms with van der Waals surface area (Å²) < 4.78 is 46.0. The van der Waals surface area contributed by atoms with Crippen molar-refractivity contribution in [2.24, 2.45) is 0 Å². The molecule has 0 spiro atoms. The Labute approximate surface area is 191 Å². The Hall–Kier alpha value is -3.56. The largest absolute Gasteiger partial charge is 0.497 e. The first-order valence-corrected chi connectivity index (χ1v) is 11.4. The fourth-order valence-electron chi connectivity index (χ4n) is 3.07. The van der Waals surface area contributed by atoms with Gasteiger partial charge in [-0.15, -0.1) is 0 Å². The first-order chi connectivity index (χ1) is 15.7. The lowest BCUT2D eigenvalue weighted by Crippen LogP contribution is -2.37. The molecule has 33 heavy (non-hydrogen) atoms. The summed E-state index contributed by atoms with van der Waals surface area (Å²) in [4.78, 5) is 24.1. The third kappa shape index (κ3) is 6.24. The van der Waals surface area contributed by atoms with Crippen LogP contribution in [0.4, 0.5) is 10.1 Å². The Kier molecular flexibility index (Phi) is 7.57. The average Bonchev–Trinajstić information content (AvgIpc) is 2.80. The number of nitrogens with zero attached hydrogens (tertiary/aromatic N) is 1. The van der Waals surface area contributed by atoms with Crippen LogP contribution in [0.15, 0.2) is 77.7 Å². The molecular formula is C24H23FN2O5S.